The van der Waals surface area contributed by atoms with Crippen LogP contribution in [0, 0.1) is 0 Å². The molecule has 0 fully saturated rings. The molecule has 0 bridgehead atoms. The summed E-state index contributed by atoms with van der Waals surface area (Å²) in [6.45, 7) is 0.685. The molecule has 1 aliphatic heterocycles. The average Bonchev–Trinajstić information content (AvgIpc) is 2.81. The highest BCUT2D eigenvalue weighted by atomic mass is 16.4. The first-order valence-electron chi connectivity index (χ1n) is 4.92. The van der Waals surface area contributed by atoms with Crippen molar-refractivity contribution in [2.24, 2.45) is 7.05 Å². The van der Waals surface area contributed by atoms with Crippen LogP contribution in [0.1, 0.15) is 16.2 Å². The van der Waals surface area contributed by atoms with Gasteiger partial charge in [0.15, 0.2) is 5.76 Å². The lowest BCUT2D eigenvalue weighted by Crippen LogP contribution is -2.09. The minimum absolute atomic E-state index is 0.0331. The zero-order valence-corrected chi connectivity index (χ0v) is 8.65. The van der Waals surface area contributed by atoms with Crippen LogP contribution in [0.2, 0.25) is 0 Å². The molecule has 16 heavy (non-hydrogen) atoms. The van der Waals surface area contributed by atoms with Gasteiger partial charge in [0.05, 0.1) is 12.2 Å². The van der Waals surface area contributed by atoms with Crippen LogP contribution in [0.25, 0.3) is 11.3 Å². The molecule has 2 N–H and O–H groups in total. The Labute approximate surface area is 91.3 Å². The minimum Gasteiger partial charge on any atom is -0.475 e. The van der Waals surface area contributed by atoms with E-state index in [2.05, 4.69) is 5.32 Å². The molecule has 0 atom stereocenters. The van der Waals surface area contributed by atoms with Gasteiger partial charge >= 0.3 is 5.97 Å². The zero-order valence-electron chi connectivity index (χ0n) is 8.65. The predicted octanol–water partition coefficient (Wildman–Crippen LogP) is 1.91. The first-order valence-corrected chi connectivity index (χ1v) is 4.92. The highest BCUT2D eigenvalue weighted by Crippen LogP contribution is 2.38. The number of furan rings is 1. The molecule has 5 nitrogen and oxygen atoms in total. The van der Waals surface area contributed by atoms with Crippen molar-refractivity contribution in [1.29, 1.82) is 0 Å². The van der Waals surface area contributed by atoms with Crippen molar-refractivity contribution in [3.63, 3.8) is 0 Å². The van der Waals surface area contributed by atoms with Crippen molar-refractivity contribution in [2.45, 2.75) is 6.54 Å². The first-order chi connectivity index (χ1) is 7.66. The van der Waals surface area contributed by atoms with Gasteiger partial charge in [-0.15, -0.1) is 0 Å². The van der Waals surface area contributed by atoms with Crippen molar-refractivity contribution in [2.75, 3.05) is 5.32 Å². The van der Waals surface area contributed by atoms with Crippen molar-refractivity contribution in [3.05, 3.63) is 29.8 Å². The van der Waals surface area contributed by atoms with Crippen LogP contribution in [0.4, 0.5) is 5.69 Å². The fourth-order valence-electron chi connectivity index (χ4n) is 2.00. The van der Waals surface area contributed by atoms with Gasteiger partial charge in [0.25, 0.3) is 0 Å². The summed E-state index contributed by atoms with van der Waals surface area (Å²) in [6.07, 6.45) is 1.93. The van der Waals surface area contributed by atoms with Crippen molar-refractivity contribution < 1.29 is 14.3 Å². The van der Waals surface area contributed by atoms with Gasteiger partial charge in [-0.1, -0.05) is 0 Å². The van der Waals surface area contributed by atoms with E-state index >= 15 is 0 Å². The van der Waals surface area contributed by atoms with E-state index in [1.165, 1.54) is 6.07 Å². The van der Waals surface area contributed by atoms with Gasteiger partial charge in [-0.25, -0.2) is 4.79 Å². The average molecular weight is 218 g/mol. The van der Waals surface area contributed by atoms with E-state index in [0.717, 1.165) is 16.9 Å². The van der Waals surface area contributed by atoms with E-state index in [1.807, 2.05) is 23.9 Å². The maximum Gasteiger partial charge on any atom is 0.371 e. The van der Waals surface area contributed by atoms with Crippen LogP contribution in [-0.4, -0.2) is 15.6 Å². The smallest absolute Gasteiger partial charge is 0.371 e. The van der Waals surface area contributed by atoms with E-state index in [4.69, 9.17) is 9.52 Å². The van der Waals surface area contributed by atoms with Crippen molar-refractivity contribution in [3.8, 4) is 11.3 Å². The number of rotatable bonds is 1. The Kier molecular flexibility index (Phi) is 1.65. The van der Waals surface area contributed by atoms with Crippen LogP contribution >= 0.6 is 0 Å². The molecule has 3 heterocycles. The standard InChI is InChI=1S/C11H10N2O3/c1-13-3-2-6-8(13)5-12-7-4-9(11(14)15)16-10(6)7/h2-4,12H,5H2,1H3,(H,14,15). The third kappa shape index (κ3) is 1.08. The normalized spacial score (nSPS) is 12.8. The molecule has 2 aromatic rings. The summed E-state index contributed by atoms with van der Waals surface area (Å²) in [5.41, 5.74) is 2.80. The van der Waals surface area contributed by atoms with E-state index in [0.29, 0.717) is 12.3 Å². The molecule has 0 aliphatic carbocycles. The Balaban J connectivity index is 2.20. The molecule has 1 aliphatic rings. The number of fused-ring (bicyclic) bond motifs is 3. The fraction of sp³-hybridized carbons (Fsp3) is 0.182. The van der Waals surface area contributed by atoms with E-state index in [-0.39, 0.29) is 5.76 Å². The predicted molar refractivity (Wildman–Crippen MR) is 57.4 cm³/mol. The second kappa shape index (κ2) is 2.91. The van der Waals surface area contributed by atoms with Gasteiger partial charge in [0.1, 0.15) is 0 Å². The molecule has 0 radical (unpaired) electrons. The lowest BCUT2D eigenvalue weighted by Gasteiger charge is -2.14. The maximum absolute atomic E-state index is 10.8. The Morgan fingerprint density at radius 3 is 3.19 bits per heavy atom. The first kappa shape index (κ1) is 9.08. The highest BCUT2D eigenvalue weighted by molar-refractivity contribution is 5.90. The summed E-state index contributed by atoms with van der Waals surface area (Å²) in [5.74, 6) is -0.470. The van der Waals surface area contributed by atoms with Crippen molar-refractivity contribution >= 4 is 11.7 Å². The third-order valence-electron chi connectivity index (χ3n) is 2.84. The lowest BCUT2D eigenvalue weighted by molar-refractivity contribution is 0.0663. The summed E-state index contributed by atoms with van der Waals surface area (Å²) in [6, 6.07) is 3.46. The highest BCUT2D eigenvalue weighted by Gasteiger charge is 2.24. The molecule has 0 aromatic carbocycles. The lowest BCUT2D eigenvalue weighted by atomic mass is 10.1. The summed E-state index contributed by atoms with van der Waals surface area (Å²) < 4.78 is 7.33. The summed E-state index contributed by atoms with van der Waals surface area (Å²) in [7, 11) is 1.95. The third-order valence-corrected chi connectivity index (χ3v) is 2.84. The Bertz CT molecular complexity index is 580. The largest absolute Gasteiger partial charge is 0.475 e. The van der Waals surface area contributed by atoms with E-state index < -0.39 is 5.97 Å². The maximum atomic E-state index is 10.8. The quantitative estimate of drug-likeness (QED) is 0.767. The molecule has 2 aromatic heterocycles. The number of anilines is 1. The van der Waals surface area contributed by atoms with Gasteiger partial charge in [-0.3, -0.25) is 0 Å². The number of nitrogens with one attached hydrogen (secondary N) is 1. The van der Waals surface area contributed by atoms with Crippen LogP contribution in [-0.2, 0) is 13.6 Å². The molecular formula is C11H10N2O3. The number of carboxylic acid groups (broad SMARTS) is 1. The molecule has 3 rings (SSSR count). The molecule has 5 heteroatoms. The van der Waals surface area contributed by atoms with E-state index in [1.54, 1.807) is 0 Å². The number of aromatic nitrogens is 1. The molecule has 0 spiro atoms. The molecule has 0 saturated heterocycles. The molecule has 0 saturated carbocycles. The van der Waals surface area contributed by atoms with Crippen LogP contribution in [0.5, 0.6) is 0 Å². The second-order valence-electron chi connectivity index (χ2n) is 3.80. The minimum atomic E-state index is -1.05. The molecule has 0 amide bonds. The zero-order chi connectivity index (χ0) is 11.3. The van der Waals surface area contributed by atoms with Gasteiger partial charge in [-0.2, -0.15) is 0 Å². The fourth-order valence-corrected chi connectivity index (χ4v) is 2.00. The summed E-state index contributed by atoms with van der Waals surface area (Å²) in [4.78, 5) is 10.8. The van der Waals surface area contributed by atoms with Gasteiger partial charge in [-0.05, 0) is 6.07 Å². The number of hydrogen-bond acceptors (Lipinski definition) is 3. The van der Waals surface area contributed by atoms with Gasteiger partial charge in [0, 0.05) is 30.6 Å². The number of carbonyl (C=O) groups is 1. The van der Waals surface area contributed by atoms with Gasteiger partial charge in [0.2, 0.25) is 5.76 Å². The van der Waals surface area contributed by atoms with Crippen LogP contribution in [0.15, 0.2) is 22.7 Å². The Morgan fingerprint density at radius 1 is 1.62 bits per heavy atom. The number of carboxylic acids is 1. The second-order valence-corrected chi connectivity index (χ2v) is 3.80. The summed E-state index contributed by atoms with van der Waals surface area (Å²) in [5, 5.41) is 12.0. The van der Waals surface area contributed by atoms with Gasteiger partial charge < -0.3 is 19.4 Å². The number of aryl methyl sites for hydroxylation is 1. The Morgan fingerprint density at radius 2 is 2.44 bits per heavy atom. The monoisotopic (exact) mass is 218 g/mol. The molecular weight excluding hydrogens is 208 g/mol. The number of aromatic carboxylic acids is 1. The SMILES string of the molecule is Cn1ccc2c1CNc1cc(C(=O)O)oc1-2. The Hall–Kier alpha value is -2.17. The van der Waals surface area contributed by atoms with Crippen molar-refractivity contribution in [1.82, 2.24) is 4.57 Å². The number of nitrogens with zero attached hydrogens (tertiary/aromatic N) is 1. The molecule has 82 valence electrons. The topological polar surface area (TPSA) is 67.4 Å². The number of hydrogen-bond donors (Lipinski definition) is 2. The van der Waals surface area contributed by atoms with Crippen LogP contribution in [0.3, 0.4) is 0 Å². The van der Waals surface area contributed by atoms with Crippen LogP contribution < -0.4 is 5.32 Å². The molecule has 0 unspecified atom stereocenters. The van der Waals surface area contributed by atoms with E-state index in [9.17, 15) is 4.79 Å². The summed E-state index contributed by atoms with van der Waals surface area (Å²) >= 11 is 0.